The molecule has 1 rings (SSSR count). The first-order chi connectivity index (χ1) is 6.24. The zero-order valence-electron chi connectivity index (χ0n) is 6.75. The number of hydrogen-bond donors (Lipinski definition) is 1. The fourth-order valence-electron chi connectivity index (χ4n) is 0.895. The van der Waals surface area contributed by atoms with E-state index in [-0.39, 0.29) is 0 Å². The molecule has 13 heavy (non-hydrogen) atoms. The van der Waals surface area contributed by atoms with Crippen LogP contribution in [-0.4, -0.2) is 17.6 Å². The van der Waals surface area contributed by atoms with Crippen molar-refractivity contribution in [1.82, 2.24) is 0 Å². The summed E-state index contributed by atoms with van der Waals surface area (Å²) in [6.07, 6.45) is 0. The monoisotopic (exact) mass is 180 g/mol. The molecule has 0 heterocycles. The molecule has 0 saturated heterocycles. The van der Waals surface area contributed by atoms with Gasteiger partial charge in [-0.15, -0.1) is 4.91 Å². The van der Waals surface area contributed by atoms with Crippen LogP contribution in [0.3, 0.4) is 0 Å². The van der Waals surface area contributed by atoms with Crippen molar-refractivity contribution in [3.05, 3.63) is 35.2 Å². The molecule has 0 fully saturated rings. The van der Waals surface area contributed by atoms with E-state index in [1.807, 2.05) is 0 Å². The maximum Gasteiger partial charge on any atom is 0.325 e. The Kier molecular flexibility index (Phi) is 2.97. The molecule has 0 bridgehead atoms. The first-order valence-corrected chi connectivity index (χ1v) is 3.61. The highest BCUT2D eigenvalue weighted by Crippen LogP contribution is 2.12. The molecule has 0 aliphatic rings. The van der Waals surface area contributed by atoms with E-state index >= 15 is 0 Å². The molecule has 1 aromatic rings. The lowest BCUT2D eigenvalue weighted by Crippen LogP contribution is -2.23. The molecule has 0 radical (unpaired) electrons. The fraction of sp³-hybridized carbons (Fsp3) is 0.125. The van der Waals surface area contributed by atoms with E-state index in [0.29, 0.717) is 5.69 Å². The molecule has 5 nitrogen and oxygen atoms in total. The molecule has 0 aromatic heterocycles. The van der Waals surface area contributed by atoms with Crippen LogP contribution in [0.5, 0.6) is 0 Å². The van der Waals surface area contributed by atoms with Crippen molar-refractivity contribution >= 4 is 11.7 Å². The van der Waals surface area contributed by atoms with E-state index in [4.69, 9.17) is 5.11 Å². The Balaban J connectivity index is 2.78. The Morgan fingerprint density at radius 2 is 2.00 bits per heavy atom. The molecule has 5 heteroatoms. The number of carbonyl (C=O) groups is 1. The van der Waals surface area contributed by atoms with Crippen molar-refractivity contribution in [2.45, 2.75) is 0 Å². The normalized spacial score (nSPS) is 9.23. The predicted octanol–water partition coefficient (Wildman–Crippen LogP) is 1.26. The van der Waals surface area contributed by atoms with Gasteiger partial charge in [-0.3, -0.25) is 4.79 Å². The standard InChI is InChI=1S/C8H8N2O3/c11-8(12)6-10(9-13)7-4-2-1-3-5-7/h1-5H,6H2,(H,11,12). The van der Waals surface area contributed by atoms with Crippen molar-refractivity contribution in [2.75, 3.05) is 11.6 Å². The summed E-state index contributed by atoms with van der Waals surface area (Å²) in [5.74, 6) is -1.09. The lowest BCUT2D eigenvalue weighted by Gasteiger charge is -2.11. The molecular formula is C8H8N2O3. The summed E-state index contributed by atoms with van der Waals surface area (Å²) in [7, 11) is 0. The van der Waals surface area contributed by atoms with Crippen molar-refractivity contribution in [3.63, 3.8) is 0 Å². The van der Waals surface area contributed by atoms with Crippen molar-refractivity contribution in [2.24, 2.45) is 5.29 Å². The lowest BCUT2D eigenvalue weighted by atomic mass is 10.3. The first kappa shape index (κ1) is 9.18. The third-order valence-electron chi connectivity index (χ3n) is 1.44. The van der Waals surface area contributed by atoms with E-state index in [1.165, 1.54) is 0 Å². The molecule has 0 atom stereocenters. The molecule has 1 aromatic carbocycles. The summed E-state index contributed by atoms with van der Waals surface area (Å²) in [5, 5.41) is 11.9. The van der Waals surface area contributed by atoms with Crippen molar-refractivity contribution in [3.8, 4) is 0 Å². The first-order valence-electron chi connectivity index (χ1n) is 3.61. The van der Waals surface area contributed by atoms with Gasteiger partial charge in [0.05, 0.1) is 11.0 Å². The molecule has 0 unspecified atom stereocenters. The second-order valence-electron chi connectivity index (χ2n) is 2.37. The quantitative estimate of drug-likeness (QED) is 0.559. The van der Waals surface area contributed by atoms with Gasteiger partial charge in [0, 0.05) is 0 Å². The number of carboxylic acids is 1. The van der Waals surface area contributed by atoms with Crippen LogP contribution in [0.2, 0.25) is 0 Å². The predicted molar refractivity (Wildman–Crippen MR) is 47.2 cm³/mol. The highest BCUT2D eigenvalue weighted by molar-refractivity contribution is 5.73. The second-order valence-corrected chi connectivity index (χ2v) is 2.37. The van der Waals surface area contributed by atoms with Crippen molar-refractivity contribution in [1.29, 1.82) is 0 Å². The van der Waals surface area contributed by atoms with Crippen molar-refractivity contribution < 1.29 is 9.90 Å². The topological polar surface area (TPSA) is 70.0 Å². The van der Waals surface area contributed by atoms with Crippen LogP contribution in [-0.2, 0) is 4.79 Å². The third kappa shape index (κ3) is 2.55. The van der Waals surface area contributed by atoms with Crippen LogP contribution < -0.4 is 5.01 Å². The molecular weight excluding hydrogens is 172 g/mol. The van der Waals surface area contributed by atoms with Crippen LogP contribution in [0, 0.1) is 4.91 Å². The maximum atomic E-state index is 10.3. The summed E-state index contributed by atoms with van der Waals surface area (Å²) < 4.78 is 0. The number of anilines is 1. The Bertz CT molecular complexity index is 300. The molecule has 1 N–H and O–H groups in total. The minimum absolute atomic E-state index is 0.423. The second kappa shape index (κ2) is 4.20. The van der Waals surface area contributed by atoms with Crippen LogP contribution in [0.1, 0.15) is 0 Å². The number of carboxylic acid groups (broad SMARTS) is 1. The molecule has 0 aliphatic heterocycles. The Hall–Kier alpha value is -1.91. The minimum atomic E-state index is -1.09. The van der Waals surface area contributed by atoms with Gasteiger partial charge in [0.2, 0.25) is 0 Å². The average Bonchev–Trinajstić information content (AvgIpc) is 2.15. The molecule has 68 valence electrons. The van der Waals surface area contributed by atoms with Gasteiger partial charge in [0.15, 0.2) is 0 Å². The van der Waals surface area contributed by atoms with Crippen LogP contribution in [0.4, 0.5) is 5.69 Å². The number of hydrogen-bond acceptors (Lipinski definition) is 3. The third-order valence-corrected chi connectivity index (χ3v) is 1.44. The number of benzene rings is 1. The summed E-state index contributed by atoms with van der Waals surface area (Å²) >= 11 is 0. The number of para-hydroxylation sites is 1. The SMILES string of the molecule is O=NN(CC(=O)O)c1ccccc1. The zero-order valence-corrected chi connectivity index (χ0v) is 6.75. The summed E-state index contributed by atoms with van der Waals surface area (Å²) in [5.41, 5.74) is 0.472. The Morgan fingerprint density at radius 3 is 2.46 bits per heavy atom. The Labute approximate surface area is 74.5 Å². The van der Waals surface area contributed by atoms with E-state index < -0.39 is 12.5 Å². The number of nitrogens with zero attached hydrogens (tertiary/aromatic N) is 2. The Morgan fingerprint density at radius 1 is 1.38 bits per heavy atom. The van der Waals surface area contributed by atoms with E-state index in [0.717, 1.165) is 5.01 Å². The average molecular weight is 180 g/mol. The van der Waals surface area contributed by atoms with Gasteiger partial charge in [0.25, 0.3) is 0 Å². The van der Waals surface area contributed by atoms with Crippen LogP contribution in [0.15, 0.2) is 35.6 Å². The highest BCUT2D eigenvalue weighted by Gasteiger charge is 2.09. The van der Waals surface area contributed by atoms with Crippen LogP contribution in [0.25, 0.3) is 0 Å². The molecule has 0 spiro atoms. The van der Waals surface area contributed by atoms with Gasteiger partial charge in [0.1, 0.15) is 6.54 Å². The van der Waals surface area contributed by atoms with Gasteiger partial charge >= 0.3 is 5.97 Å². The van der Waals surface area contributed by atoms with Gasteiger partial charge in [-0.05, 0) is 12.1 Å². The van der Waals surface area contributed by atoms with Crippen LogP contribution >= 0.6 is 0 Å². The number of aliphatic carboxylic acids is 1. The fourth-order valence-corrected chi connectivity index (χ4v) is 0.895. The number of rotatable bonds is 4. The molecule has 0 amide bonds. The van der Waals surface area contributed by atoms with Gasteiger partial charge < -0.3 is 5.11 Å². The lowest BCUT2D eigenvalue weighted by molar-refractivity contribution is -0.135. The van der Waals surface area contributed by atoms with Gasteiger partial charge in [-0.25, -0.2) is 5.01 Å². The molecule has 0 saturated carbocycles. The highest BCUT2D eigenvalue weighted by atomic mass is 16.4. The zero-order chi connectivity index (χ0) is 9.68. The number of nitroso groups, excluding NO2 is 1. The maximum absolute atomic E-state index is 10.3. The van der Waals surface area contributed by atoms with Gasteiger partial charge in [-0.2, -0.15) is 0 Å². The summed E-state index contributed by atoms with van der Waals surface area (Å²) in [6.45, 7) is -0.423. The van der Waals surface area contributed by atoms with E-state index in [1.54, 1.807) is 30.3 Å². The summed E-state index contributed by atoms with van der Waals surface area (Å²) in [4.78, 5) is 20.6. The summed E-state index contributed by atoms with van der Waals surface area (Å²) in [6, 6.07) is 8.41. The van der Waals surface area contributed by atoms with Gasteiger partial charge in [-0.1, -0.05) is 18.2 Å². The van der Waals surface area contributed by atoms with E-state index in [9.17, 15) is 9.70 Å². The molecule has 0 aliphatic carbocycles. The minimum Gasteiger partial charge on any atom is -0.480 e. The largest absolute Gasteiger partial charge is 0.480 e. The van der Waals surface area contributed by atoms with E-state index in [2.05, 4.69) is 5.29 Å². The smallest absolute Gasteiger partial charge is 0.325 e.